The molecule has 0 atom stereocenters. The maximum absolute atomic E-state index is 10.1. The van der Waals surface area contributed by atoms with Gasteiger partial charge in [0.1, 0.15) is 5.75 Å². The number of non-ortho nitro benzene ring substituents is 1. The van der Waals surface area contributed by atoms with Gasteiger partial charge in [0.25, 0.3) is 5.69 Å². The second-order valence-corrected chi connectivity index (χ2v) is 2.30. The number of nitrogens with zero attached hydrogens (tertiary/aromatic N) is 1. The van der Waals surface area contributed by atoms with Gasteiger partial charge in [0, 0.05) is 12.1 Å². The first kappa shape index (κ1) is 7.81. The molecule has 5 heteroatoms. The molecule has 0 fully saturated rings. The number of nitro benzene ring substituents is 1. The minimum atomic E-state index is -0.578. The predicted molar refractivity (Wildman–Crippen MR) is 39.8 cm³/mol. The van der Waals surface area contributed by atoms with Gasteiger partial charge in [-0.3, -0.25) is 10.1 Å². The molecule has 0 heterocycles. The summed E-state index contributed by atoms with van der Waals surface area (Å²) in [5.41, 5.74) is -0.132. The van der Waals surface area contributed by atoms with Crippen molar-refractivity contribution in [3.05, 3.63) is 33.3 Å². The fourth-order valence-electron chi connectivity index (χ4n) is 0.609. The number of hydrogen-bond acceptors (Lipinski definition) is 3. The first-order valence-electron chi connectivity index (χ1n) is 2.74. The molecule has 4 nitrogen and oxygen atoms in total. The molecule has 0 unspecified atom stereocenters. The molecule has 0 bridgehead atoms. The summed E-state index contributed by atoms with van der Waals surface area (Å²) < 4.78 is 0. The van der Waals surface area contributed by atoms with E-state index in [2.05, 4.69) is 0 Å². The average Bonchev–Trinajstić information content (AvgIpc) is 1.94. The molecule has 0 aliphatic carbocycles. The minimum absolute atomic E-state index is 0.0146. The predicted octanol–water partition coefficient (Wildman–Crippen LogP) is 1.95. The third-order valence-corrected chi connectivity index (χ3v) is 1.44. The molecule has 0 spiro atoms. The summed E-state index contributed by atoms with van der Waals surface area (Å²) in [6.07, 6.45) is 0. The molecule has 1 aromatic carbocycles. The molecule has 11 heavy (non-hydrogen) atoms. The molecule has 0 saturated heterocycles. The molecule has 0 aliphatic heterocycles. The van der Waals surface area contributed by atoms with Crippen LogP contribution in [0.25, 0.3) is 0 Å². The van der Waals surface area contributed by atoms with Gasteiger partial charge in [-0.2, -0.15) is 0 Å². The summed E-state index contributed by atoms with van der Waals surface area (Å²) in [4.78, 5) is 9.55. The number of hydrogen-bond donors (Lipinski definition) is 1. The second kappa shape index (κ2) is 2.75. The monoisotopic (exact) mass is 174 g/mol. The van der Waals surface area contributed by atoms with Crippen molar-refractivity contribution in [3.8, 4) is 5.75 Å². The molecule has 0 saturated carbocycles. The van der Waals surface area contributed by atoms with E-state index in [4.69, 9.17) is 16.7 Å². The van der Waals surface area contributed by atoms with Gasteiger partial charge in [-0.15, -0.1) is 0 Å². The Hall–Kier alpha value is -1.29. The highest BCUT2D eigenvalue weighted by atomic mass is 35.5. The normalized spacial score (nSPS) is 9.55. The van der Waals surface area contributed by atoms with Crippen LogP contribution in [0.2, 0.25) is 5.02 Å². The first-order valence-corrected chi connectivity index (χ1v) is 3.12. The van der Waals surface area contributed by atoms with Gasteiger partial charge in [0.15, 0.2) is 0 Å². The number of aromatic hydroxyl groups is 1. The summed E-state index contributed by atoms with van der Waals surface area (Å²) in [5.74, 6) is -0.155. The Kier molecular flexibility index (Phi) is 1.96. The maximum Gasteiger partial charge on any atom is 0.271 e. The van der Waals surface area contributed by atoms with Crippen LogP contribution in [0.4, 0.5) is 5.69 Å². The zero-order chi connectivity index (χ0) is 8.43. The fourth-order valence-corrected chi connectivity index (χ4v) is 0.784. The van der Waals surface area contributed by atoms with E-state index in [0.717, 1.165) is 6.07 Å². The number of benzene rings is 1. The Morgan fingerprint density at radius 1 is 1.55 bits per heavy atom. The first-order chi connectivity index (χ1) is 5.11. The smallest absolute Gasteiger partial charge is 0.271 e. The summed E-state index contributed by atoms with van der Waals surface area (Å²) in [6, 6.07) is 3.46. The highest BCUT2D eigenvalue weighted by Crippen LogP contribution is 2.26. The van der Waals surface area contributed by atoms with Crippen molar-refractivity contribution >= 4 is 17.3 Å². The zero-order valence-electron chi connectivity index (χ0n) is 5.32. The van der Waals surface area contributed by atoms with Gasteiger partial charge < -0.3 is 5.11 Å². The third kappa shape index (κ3) is 1.59. The zero-order valence-corrected chi connectivity index (χ0v) is 6.08. The number of phenols is 1. The number of nitro groups is 1. The lowest BCUT2D eigenvalue weighted by Crippen LogP contribution is -1.86. The molecule has 1 N–H and O–H groups in total. The number of halogens is 1. The van der Waals surface area contributed by atoms with Gasteiger partial charge in [-0.05, 0) is 6.07 Å². The van der Waals surface area contributed by atoms with E-state index < -0.39 is 4.92 Å². The SMILES string of the molecule is O=[N+]([O-])c1cc[13c](O)c(Cl)c1. The number of phenolic OH excluding ortho intramolecular Hbond substituents is 1. The van der Waals surface area contributed by atoms with Gasteiger partial charge in [0.05, 0.1) is 9.95 Å². The average molecular weight is 175 g/mol. The van der Waals surface area contributed by atoms with Crippen molar-refractivity contribution in [1.82, 2.24) is 0 Å². The van der Waals surface area contributed by atoms with Crippen molar-refractivity contribution < 1.29 is 10.0 Å². The van der Waals surface area contributed by atoms with Crippen LogP contribution in [0.15, 0.2) is 18.2 Å². The van der Waals surface area contributed by atoms with Crippen molar-refractivity contribution in [2.24, 2.45) is 0 Å². The van der Waals surface area contributed by atoms with Crippen LogP contribution in [0.5, 0.6) is 5.75 Å². The molecular weight excluding hydrogens is 171 g/mol. The van der Waals surface area contributed by atoms with Crippen LogP contribution in [0.3, 0.4) is 0 Å². The van der Waals surface area contributed by atoms with E-state index in [-0.39, 0.29) is 16.5 Å². The summed E-state index contributed by atoms with van der Waals surface area (Å²) >= 11 is 5.40. The Bertz CT molecular complexity index is 300. The molecule has 0 aliphatic rings. The summed E-state index contributed by atoms with van der Waals surface area (Å²) in [5, 5.41) is 19.0. The van der Waals surface area contributed by atoms with E-state index in [1.54, 1.807) is 0 Å². The Labute approximate surface area is 67.2 Å². The van der Waals surface area contributed by atoms with Crippen LogP contribution in [0, 0.1) is 10.1 Å². The van der Waals surface area contributed by atoms with Crippen molar-refractivity contribution in [2.45, 2.75) is 0 Å². The largest absolute Gasteiger partial charge is 0.506 e. The minimum Gasteiger partial charge on any atom is -0.506 e. The summed E-state index contributed by atoms with van der Waals surface area (Å²) in [6.45, 7) is 0. The third-order valence-electron chi connectivity index (χ3n) is 1.14. The van der Waals surface area contributed by atoms with E-state index >= 15 is 0 Å². The quantitative estimate of drug-likeness (QED) is 0.523. The fraction of sp³-hybridized carbons (Fsp3) is 0. The lowest BCUT2D eigenvalue weighted by molar-refractivity contribution is -0.384. The topological polar surface area (TPSA) is 63.4 Å². The maximum atomic E-state index is 10.1. The molecule has 1 aromatic rings. The molecule has 0 amide bonds. The molecule has 0 radical (unpaired) electrons. The standard InChI is InChI=1S/C6H4ClNO3/c7-5-3-4(8(10)11)1-2-6(5)9/h1-3,9H/i6+1. The van der Waals surface area contributed by atoms with Crippen LogP contribution in [-0.2, 0) is 0 Å². The van der Waals surface area contributed by atoms with Gasteiger partial charge in [-0.25, -0.2) is 0 Å². The van der Waals surface area contributed by atoms with Gasteiger partial charge in [-0.1, -0.05) is 11.6 Å². The Balaban J connectivity index is 3.15. The van der Waals surface area contributed by atoms with Crippen molar-refractivity contribution in [2.75, 3.05) is 0 Å². The van der Waals surface area contributed by atoms with Crippen LogP contribution >= 0.6 is 11.6 Å². The highest BCUT2D eigenvalue weighted by Gasteiger charge is 2.07. The van der Waals surface area contributed by atoms with Crippen molar-refractivity contribution in [3.63, 3.8) is 0 Å². The van der Waals surface area contributed by atoms with Crippen LogP contribution in [0.1, 0.15) is 0 Å². The van der Waals surface area contributed by atoms with Gasteiger partial charge >= 0.3 is 0 Å². The Morgan fingerprint density at radius 2 is 2.18 bits per heavy atom. The Morgan fingerprint density at radius 3 is 2.64 bits per heavy atom. The van der Waals surface area contributed by atoms with Crippen LogP contribution < -0.4 is 0 Å². The molecule has 0 aromatic heterocycles. The van der Waals surface area contributed by atoms with E-state index in [1.165, 1.54) is 12.1 Å². The lowest BCUT2D eigenvalue weighted by Gasteiger charge is -1.94. The van der Waals surface area contributed by atoms with E-state index in [1.807, 2.05) is 0 Å². The van der Waals surface area contributed by atoms with E-state index in [9.17, 15) is 10.1 Å². The van der Waals surface area contributed by atoms with Crippen molar-refractivity contribution in [1.29, 1.82) is 0 Å². The number of rotatable bonds is 1. The summed E-state index contributed by atoms with van der Waals surface area (Å²) in [7, 11) is 0. The lowest BCUT2D eigenvalue weighted by atomic mass is 10.4. The van der Waals surface area contributed by atoms with Gasteiger partial charge in [0.2, 0.25) is 0 Å². The molecule has 1 rings (SSSR count). The molecule has 58 valence electrons. The second-order valence-electron chi connectivity index (χ2n) is 1.89. The van der Waals surface area contributed by atoms with E-state index in [0.29, 0.717) is 0 Å². The molecular formula is C6H4ClNO3. The highest BCUT2D eigenvalue weighted by molar-refractivity contribution is 6.32. The van der Waals surface area contributed by atoms with Crippen LogP contribution in [-0.4, -0.2) is 10.0 Å².